The zero-order valence-corrected chi connectivity index (χ0v) is 22.8. The standard InChI is InChI=1S/C31H38N2O5/c1-20(2)17-25-18-23(12-13-26(25)29(35)36)22-10-8-21(9-11-22)14-16-33-27(30(37)38-31(3,4)5)28(34)24-7-6-15-32-19-24/h6-13,15,18-20,27-28,33-34H,14,16-17H2,1-5H3,(H,35,36)/t27?,28-/m1/s1. The maximum atomic E-state index is 12.9. The van der Waals surface area contributed by atoms with Crippen molar-refractivity contribution >= 4 is 11.9 Å². The Balaban J connectivity index is 1.70. The first-order valence-corrected chi connectivity index (χ1v) is 12.9. The highest BCUT2D eigenvalue weighted by atomic mass is 16.6. The quantitative estimate of drug-likeness (QED) is 0.299. The first-order valence-electron chi connectivity index (χ1n) is 12.9. The second-order valence-corrected chi connectivity index (χ2v) is 10.9. The third kappa shape index (κ3) is 8.23. The number of hydrogen-bond donors (Lipinski definition) is 3. The van der Waals surface area contributed by atoms with Crippen LogP contribution in [0, 0.1) is 5.92 Å². The minimum atomic E-state index is -1.10. The van der Waals surface area contributed by atoms with Crippen LogP contribution in [0.15, 0.2) is 67.0 Å². The van der Waals surface area contributed by atoms with Crippen LogP contribution in [0.2, 0.25) is 0 Å². The molecule has 0 aliphatic carbocycles. The van der Waals surface area contributed by atoms with Crippen molar-refractivity contribution in [1.29, 1.82) is 0 Å². The van der Waals surface area contributed by atoms with Gasteiger partial charge in [0.2, 0.25) is 0 Å². The minimum Gasteiger partial charge on any atom is -0.478 e. The summed E-state index contributed by atoms with van der Waals surface area (Å²) in [6.45, 7) is 9.98. The lowest BCUT2D eigenvalue weighted by atomic mass is 9.93. The van der Waals surface area contributed by atoms with Gasteiger partial charge in [0, 0.05) is 24.5 Å². The first-order chi connectivity index (χ1) is 17.9. The smallest absolute Gasteiger partial charge is 0.335 e. The zero-order chi connectivity index (χ0) is 27.9. The molecule has 0 spiro atoms. The highest BCUT2D eigenvalue weighted by Gasteiger charge is 2.32. The molecule has 1 aromatic heterocycles. The Bertz CT molecular complexity index is 1220. The van der Waals surface area contributed by atoms with Crippen molar-refractivity contribution in [3.8, 4) is 11.1 Å². The van der Waals surface area contributed by atoms with E-state index in [0.717, 1.165) is 22.3 Å². The van der Waals surface area contributed by atoms with Crippen LogP contribution in [0.4, 0.5) is 0 Å². The molecule has 0 bridgehead atoms. The van der Waals surface area contributed by atoms with Crippen LogP contribution in [0.25, 0.3) is 11.1 Å². The van der Waals surface area contributed by atoms with Crippen LogP contribution in [0.3, 0.4) is 0 Å². The number of carboxylic acids is 1. The summed E-state index contributed by atoms with van der Waals surface area (Å²) in [7, 11) is 0. The zero-order valence-electron chi connectivity index (χ0n) is 22.8. The van der Waals surface area contributed by atoms with Gasteiger partial charge in [-0.25, -0.2) is 4.79 Å². The number of benzene rings is 2. The molecule has 2 aromatic carbocycles. The Morgan fingerprint density at radius 2 is 1.71 bits per heavy atom. The Kier molecular flexibility index (Phi) is 9.78. The highest BCUT2D eigenvalue weighted by molar-refractivity contribution is 5.90. The van der Waals surface area contributed by atoms with Gasteiger partial charge in [-0.3, -0.25) is 9.78 Å². The van der Waals surface area contributed by atoms with Gasteiger partial charge in [0.25, 0.3) is 0 Å². The fourth-order valence-corrected chi connectivity index (χ4v) is 4.26. The van der Waals surface area contributed by atoms with Crippen LogP contribution >= 0.6 is 0 Å². The Hall–Kier alpha value is -3.55. The van der Waals surface area contributed by atoms with Crippen LogP contribution in [-0.4, -0.2) is 45.3 Å². The number of carboxylic acid groups (broad SMARTS) is 1. The number of carbonyl (C=O) groups excluding carboxylic acids is 1. The van der Waals surface area contributed by atoms with Gasteiger partial charge < -0.3 is 20.3 Å². The van der Waals surface area contributed by atoms with Gasteiger partial charge in [0.1, 0.15) is 17.7 Å². The van der Waals surface area contributed by atoms with E-state index in [1.807, 2.05) is 36.4 Å². The number of aromatic carboxylic acids is 1. The molecule has 38 heavy (non-hydrogen) atoms. The molecule has 202 valence electrons. The van der Waals surface area contributed by atoms with Crippen LogP contribution in [0.1, 0.15) is 67.8 Å². The molecule has 0 radical (unpaired) electrons. The predicted molar refractivity (Wildman–Crippen MR) is 148 cm³/mol. The number of aromatic nitrogens is 1. The predicted octanol–water partition coefficient (Wildman–Crippen LogP) is 5.22. The number of nitrogens with zero attached hydrogens (tertiary/aromatic N) is 1. The Morgan fingerprint density at radius 3 is 2.29 bits per heavy atom. The molecule has 1 heterocycles. The summed E-state index contributed by atoms with van der Waals surface area (Å²) < 4.78 is 5.55. The molecule has 0 aliphatic rings. The molecule has 3 N–H and O–H groups in total. The summed E-state index contributed by atoms with van der Waals surface area (Å²) in [4.78, 5) is 28.5. The maximum Gasteiger partial charge on any atom is 0.335 e. The first kappa shape index (κ1) is 29.0. The molecule has 7 nitrogen and oxygen atoms in total. The van der Waals surface area contributed by atoms with Crippen molar-refractivity contribution in [2.45, 2.75) is 65.2 Å². The maximum absolute atomic E-state index is 12.9. The topological polar surface area (TPSA) is 109 Å². The number of aliphatic hydroxyl groups is 1. The van der Waals surface area contributed by atoms with Crippen molar-refractivity contribution in [2.24, 2.45) is 5.92 Å². The van der Waals surface area contributed by atoms with Crippen LogP contribution < -0.4 is 5.32 Å². The lowest BCUT2D eigenvalue weighted by Crippen LogP contribution is -2.46. The van der Waals surface area contributed by atoms with E-state index in [2.05, 4.69) is 24.1 Å². The number of carbonyl (C=O) groups is 2. The van der Waals surface area contributed by atoms with E-state index in [1.165, 1.54) is 6.20 Å². The van der Waals surface area contributed by atoms with Crippen molar-refractivity contribution < 1.29 is 24.5 Å². The van der Waals surface area contributed by atoms with E-state index in [9.17, 15) is 19.8 Å². The van der Waals surface area contributed by atoms with Crippen LogP contribution in [-0.2, 0) is 22.4 Å². The monoisotopic (exact) mass is 518 g/mol. The van der Waals surface area contributed by atoms with Gasteiger partial charge in [-0.1, -0.05) is 56.3 Å². The third-order valence-corrected chi connectivity index (χ3v) is 6.03. The molecule has 7 heteroatoms. The molecule has 0 saturated heterocycles. The summed E-state index contributed by atoms with van der Waals surface area (Å²) in [5.41, 5.74) is 4.06. The SMILES string of the molecule is CC(C)Cc1cc(-c2ccc(CCNC(C(=O)OC(C)(C)C)[C@H](O)c3cccnc3)cc2)ccc1C(=O)O. The van der Waals surface area contributed by atoms with Crippen LogP contribution in [0.5, 0.6) is 0 Å². The summed E-state index contributed by atoms with van der Waals surface area (Å²) >= 11 is 0. The van der Waals surface area contributed by atoms with E-state index in [0.29, 0.717) is 36.4 Å². The number of pyridine rings is 1. The Morgan fingerprint density at radius 1 is 1.03 bits per heavy atom. The average molecular weight is 519 g/mol. The Labute approximate surface area is 224 Å². The second kappa shape index (κ2) is 12.8. The number of aliphatic hydroxyl groups excluding tert-OH is 1. The molecule has 0 amide bonds. The molecule has 0 fully saturated rings. The largest absolute Gasteiger partial charge is 0.478 e. The van der Waals surface area contributed by atoms with E-state index in [1.54, 1.807) is 45.2 Å². The van der Waals surface area contributed by atoms with Crippen molar-refractivity contribution in [3.63, 3.8) is 0 Å². The highest BCUT2D eigenvalue weighted by Crippen LogP contribution is 2.25. The summed E-state index contributed by atoms with van der Waals surface area (Å²) in [5, 5.41) is 23.6. The number of esters is 1. The molecule has 0 saturated carbocycles. The van der Waals surface area contributed by atoms with E-state index in [4.69, 9.17) is 4.74 Å². The lowest BCUT2D eigenvalue weighted by molar-refractivity contribution is -0.160. The molecular formula is C31H38N2O5. The van der Waals surface area contributed by atoms with Crippen molar-refractivity contribution in [1.82, 2.24) is 10.3 Å². The van der Waals surface area contributed by atoms with E-state index >= 15 is 0 Å². The molecule has 3 aromatic rings. The summed E-state index contributed by atoms with van der Waals surface area (Å²) in [6.07, 6.45) is 3.38. The number of hydrogen-bond acceptors (Lipinski definition) is 6. The van der Waals surface area contributed by atoms with Gasteiger partial charge in [0.05, 0.1) is 5.56 Å². The normalized spacial score (nSPS) is 13.2. The van der Waals surface area contributed by atoms with E-state index in [-0.39, 0.29) is 0 Å². The average Bonchev–Trinajstić information content (AvgIpc) is 2.85. The van der Waals surface area contributed by atoms with Gasteiger partial charge in [-0.2, -0.15) is 0 Å². The van der Waals surface area contributed by atoms with Gasteiger partial charge in [-0.15, -0.1) is 0 Å². The van der Waals surface area contributed by atoms with Gasteiger partial charge in [-0.05, 0) is 73.9 Å². The molecule has 1 unspecified atom stereocenters. The number of nitrogens with one attached hydrogen (secondary N) is 1. The lowest BCUT2D eigenvalue weighted by Gasteiger charge is -2.27. The van der Waals surface area contributed by atoms with Gasteiger partial charge in [0.15, 0.2) is 0 Å². The van der Waals surface area contributed by atoms with Gasteiger partial charge >= 0.3 is 11.9 Å². The second-order valence-electron chi connectivity index (χ2n) is 10.9. The third-order valence-electron chi connectivity index (χ3n) is 6.03. The molecule has 0 aliphatic heterocycles. The van der Waals surface area contributed by atoms with E-state index < -0.39 is 29.7 Å². The van der Waals surface area contributed by atoms with Crippen molar-refractivity contribution in [3.05, 3.63) is 89.2 Å². The summed E-state index contributed by atoms with van der Waals surface area (Å²) in [5.74, 6) is -1.08. The minimum absolute atomic E-state index is 0.346. The van der Waals surface area contributed by atoms with Crippen molar-refractivity contribution in [2.75, 3.05) is 6.54 Å². The molecular weight excluding hydrogens is 480 g/mol. The number of rotatable bonds is 11. The fourth-order valence-electron chi connectivity index (χ4n) is 4.26. The fraction of sp³-hybridized carbons (Fsp3) is 0.387. The number of ether oxygens (including phenoxy) is 1. The summed E-state index contributed by atoms with van der Waals surface area (Å²) in [6, 6.07) is 16.1. The molecule has 3 rings (SSSR count). The molecule has 2 atom stereocenters.